The summed E-state index contributed by atoms with van der Waals surface area (Å²) < 4.78 is 7.17. The largest absolute Gasteiger partial charge is 0.381 e. The highest BCUT2D eigenvalue weighted by Gasteiger charge is 2.13. The molecular weight excluding hydrogens is 154 g/mol. The molecule has 1 aromatic rings. The lowest BCUT2D eigenvalue weighted by Crippen LogP contribution is -2.20. The molecule has 0 atom stereocenters. The maximum Gasteiger partial charge on any atom is 0.0692 e. The molecule has 1 saturated heterocycles. The highest BCUT2D eigenvalue weighted by atomic mass is 16.5. The lowest BCUT2D eigenvalue weighted by atomic mass is 10.0. The standard InChI is InChI=1S/C8H13N3O/c1-5-12-6-2-8(1)7-11-4-3-9-10-11/h3-4,8H,1-2,5-7H2. The minimum Gasteiger partial charge on any atom is -0.381 e. The summed E-state index contributed by atoms with van der Waals surface area (Å²) in [6.45, 7) is 2.79. The van der Waals surface area contributed by atoms with Crippen LogP contribution in [0.3, 0.4) is 0 Å². The Kier molecular flexibility index (Phi) is 2.36. The first-order valence-electron chi connectivity index (χ1n) is 4.37. The quantitative estimate of drug-likeness (QED) is 0.651. The normalized spacial score (nSPS) is 19.7. The SMILES string of the molecule is c1cn(CC2CCOCC2)nn1. The average molecular weight is 167 g/mol. The van der Waals surface area contributed by atoms with E-state index in [-0.39, 0.29) is 0 Å². The van der Waals surface area contributed by atoms with Gasteiger partial charge in [-0.1, -0.05) is 5.21 Å². The molecule has 1 fully saturated rings. The monoisotopic (exact) mass is 167 g/mol. The molecule has 2 heterocycles. The van der Waals surface area contributed by atoms with Gasteiger partial charge in [-0.25, -0.2) is 0 Å². The van der Waals surface area contributed by atoms with E-state index >= 15 is 0 Å². The lowest BCUT2D eigenvalue weighted by molar-refractivity contribution is 0.0600. The molecule has 2 rings (SSSR count). The summed E-state index contributed by atoms with van der Waals surface area (Å²) in [5, 5.41) is 7.71. The van der Waals surface area contributed by atoms with Crippen molar-refractivity contribution >= 4 is 0 Å². The summed E-state index contributed by atoms with van der Waals surface area (Å²) in [7, 11) is 0. The van der Waals surface area contributed by atoms with E-state index in [0.29, 0.717) is 0 Å². The van der Waals surface area contributed by atoms with Crippen molar-refractivity contribution in [2.24, 2.45) is 5.92 Å². The second kappa shape index (κ2) is 3.67. The molecule has 12 heavy (non-hydrogen) atoms. The molecule has 1 aromatic heterocycles. The molecule has 0 N–H and O–H groups in total. The Hall–Kier alpha value is -0.900. The Morgan fingerprint density at radius 1 is 1.42 bits per heavy atom. The van der Waals surface area contributed by atoms with Crippen LogP contribution < -0.4 is 0 Å². The highest BCUT2D eigenvalue weighted by molar-refractivity contribution is 4.68. The van der Waals surface area contributed by atoms with Gasteiger partial charge in [0.05, 0.1) is 6.20 Å². The Labute approximate surface area is 71.5 Å². The van der Waals surface area contributed by atoms with Gasteiger partial charge in [-0.15, -0.1) is 5.10 Å². The Balaban J connectivity index is 1.86. The molecule has 0 unspecified atom stereocenters. The third-order valence-corrected chi connectivity index (χ3v) is 2.26. The van der Waals surface area contributed by atoms with Crippen LogP contribution >= 0.6 is 0 Å². The zero-order valence-electron chi connectivity index (χ0n) is 7.02. The van der Waals surface area contributed by atoms with E-state index in [0.717, 1.165) is 38.5 Å². The van der Waals surface area contributed by atoms with E-state index in [1.807, 2.05) is 10.9 Å². The van der Waals surface area contributed by atoms with Crippen molar-refractivity contribution in [1.29, 1.82) is 0 Å². The Morgan fingerprint density at radius 2 is 2.25 bits per heavy atom. The summed E-state index contributed by atoms with van der Waals surface area (Å²) in [6, 6.07) is 0. The van der Waals surface area contributed by atoms with E-state index in [1.54, 1.807) is 6.20 Å². The van der Waals surface area contributed by atoms with Gasteiger partial charge in [-0.3, -0.25) is 4.68 Å². The second-order valence-electron chi connectivity index (χ2n) is 3.18. The van der Waals surface area contributed by atoms with E-state index in [9.17, 15) is 0 Å². The fraction of sp³-hybridized carbons (Fsp3) is 0.750. The fourth-order valence-electron chi connectivity index (χ4n) is 1.52. The first kappa shape index (κ1) is 7.73. The van der Waals surface area contributed by atoms with Crippen molar-refractivity contribution in [3.63, 3.8) is 0 Å². The molecular formula is C8H13N3O. The van der Waals surface area contributed by atoms with Gasteiger partial charge in [-0.05, 0) is 18.8 Å². The fourth-order valence-corrected chi connectivity index (χ4v) is 1.52. The van der Waals surface area contributed by atoms with E-state index in [4.69, 9.17) is 4.74 Å². The van der Waals surface area contributed by atoms with Crippen LogP contribution in [0.25, 0.3) is 0 Å². The predicted octanol–water partition coefficient (Wildman–Crippen LogP) is 0.705. The molecule has 1 aliphatic rings. The van der Waals surface area contributed by atoms with Gasteiger partial charge < -0.3 is 4.74 Å². The van der Waals surface area contributed by atoms with Gasteiger partial charge >= 0.3 is 0 Å². The molecule has 0 aromatic carbocycles. The van der Waals surface area contributed by atoms with Gasteiger partial charge in [0, 0.05) is 26.0 Å². The van der Waals surface area contributed by atoms with Crippen LogP contribution in [0.1, 0.15) is 12.8 Å². The topological polar surface area (TPSA) is 39.9 Å². The summed E-state index contributed by atoms with van der Waals surface area (Å²) in [5.74, 6) is 0.723. The van der Waals surface area contributed by atoms with Crippen molar-refractivity contribution in [2.45, 2.75) is 19.4 Å². The van der Waals surface area contributed by atoms with Crippen molar-refractivity contribution in [1.82, 2.24) is 15.0 Å². The summed E-state index contributed by atoms with van der Waals surface area (Å²) in [6.07, 6.45) is 5.94. The smallest absolute Gasteiger partial charge is 0.0692 e. The molecule has 66 valence electrons. The van der Waals surface area contributed by atoms with Crippen molar-refractivity contribution in [3.05, 3.63) is 12.4 Å². The minimum atomic E-state index is 0.723. The average Bonchev–Trinajstić information content (AvgIpc) is 2.59. The molecule has 0 amide bonds. The van der Waals surface area contributed by atoms with Crippen LogP contribution in [0.2, 0.25) is 0 Å². The molecule has 0 spiro atoms. The number of hydrogen-bond acceptors (Lipinski definition) is 3. The number of ether oxygens (including phenoxy) is 1. The van der Waals surface area contributed by atoms with Crippen LogP contribution in [-0.4, -0.2) is 28.2 Å². The Bertz CT molecular complexity index is 216. The molecule has 0 aliphatic carbocycles. The molecule has 0 bridgehead atoms. The van der Waals surface area contributed by atoms with Crippen molar-refractivity contribution in [2.75, 3.05) is 13.2 Å². The molecule has 0 radical (unpaired) electrons. The third kappa shape index (κ3) is 1.82. The van der Waals surface area contributed by atoms with Gasteiger partial charge in [0.1, 0.15) is 0 Å². The van der Waals surface area contributed by atoms with E-state index < -0.39 is 0 Å². The van der Waals surface area contributed by atoms with Crippen LogP contribution in [0.4, 0.5) is 0 Å². The maximum absolute atomic E-state index is 5.27. The third-order valence-electron chi connectivity index (χ3n) is 2.26. The Morgan fingerprint density at radius 3 is 2.92 bits per heavy atom. The molecule has 1 aliphatic heterocycles. The molecule has 0 saturated carbocycles. The van der Waals surface area contributed by atoms with Gasteiger partial charge in [-0.2, -0.15) is 0 Å². The van der Waals surface area contributed by atoms with Crippen molar-refractivity contribution in [3.8, 4) is 0 Å². The molecule has 4 heteroatoms. The number of rotatable bonds is 2. The maximum atomic E-state index is 5.27. The van der Waals surface area contributed by atoms with Gasteiger partial charge in [0.25, 0.3) is 0 Å². The number of nitrogens with zero attached hydrogens (tertiary/aromatic N) is 3. The zero-order chi connectivity index (χ0) is 8.23. The van der Waals surface area contributed by atoms with Gasteiger partial charge in [0.15, 0.2) is 0 Å². The summed E-state index contributed by atoms with van der Waals surface area (Å²) in [4.78, 5) is 0. The van der Waals surface area contributed by atoms with Crippen LogP contribution in [0, 0.1) is 5.92 Å². The number of aromatic nitrogens is 3. The van der Waals surface area contributed by atoms with E-state index in [1.165, 1.54) is 0 Å². The van der Waals surface area contributed by atoms with Crippen molar-refractivity contribution < 1.29 is 4.74 Å². The zero-order valence-corrected chi connectivity index (χ0v) is 7.02. The molecule has 4 nitrogen and oxygen atoms in total. The second-order valence-corrected chi connectivity index (χ2v) is 3.18. The van der Waals surface area contributed by atoms with Crippen LogP contribution in [0.5, 0.6) is 0 Å². The number of hydrogen-bond donors (Lipinski definition) is 0. The predicted molar refractivity (Wildman–Crippen MR) is 43.6 cm³/mol. The first-order chi connectivity index (χ1) is 5.95. The summed E-state index contributed by atoms with van der Waals surface area (Å²) in [5.41, 5.74) is 0. The van der Waals surface area contributed by atoms with E-state index in [2.05, 4.69) is 10.3 Å². The van der Waals surface area contributed by atoms with Crippen LogP contribution in [-0.2, 0) is 11.3 Å². The van der Waals surface area contributed by atoms with Crippen LogP contribution in [0.15, 0.2) is 12.4 Å². The summed E-state index contributed by atoms with van der Waals surface area (Å²) >= 11 is 0. The lowest BCUT2D eigenvalue weighted by Gasteiger charge is -2.21. The van der Waals surface area contributed by atoms with Gasteiger partial charge in [0.2, 0.25) is 0 Å². The first-order valence-corrected chi connectivity index (χ1v) is 4.37. The highest BCUT2D eigenvalue weighted by Crippen LogP contribution is 2.15. The minimum absolute atomic E-state index is 0.723.